The first-order valence-electron chi connectivity index (χ1n) is 12.9. The molecule has 0 aliphatic heterocycles. The Balaban J connectivity index is 1.22. The van der Waals surface area contributed by atoms with Crippen LogP contribution in [0.5, 0.6) is 0 Å². The molecule has 0 atom stereocenters. The van der Waals surface area contributed by atoms with E-state index in [2.05, 4.69) is 19.6 Å². The second-order valence-electron chi connectivity index (χ2n) is 10.7. The summed E-state index contributed by atoms with van der Waals surface area (Å²) in [5.74, 6) is 6.23. The third-order valence-corrected chi connectivity index (χ3v) is 8.85. The van der Waals surface area contributed by atoms with Crippen LogP contribution in [0.4, 0.5) is 0 Å². The summed E-state index contributed by atoms with van der Waals surface area (Å²) in [6.07, 6.45) is 29.4. The average molecular weight is 373 g/mol. The summed E-state index contributed by atoms with van der Waals surface area (Å²) in [5.41, 5.74) is 0. The lowest BCUT2D eigenvalue weighted by Crippen LogP contribution is -2.25. The minimum atomic E-state index is 0.832. The van der Waals surface area contributed by atoms with Crippen LogP contribution in [0.3, 0.4) is 0 Å². The highest BCUT2D eigenvalue weighted by Crippen LogP contribution is 2.43. The molecule has 3 aliphatic carbocycles. The molecule has 3 saturated carbocycles. The fraction of sp³-hybridized carbons (Fsp3) is 0.926. The molecular weight excluding hydrogens is 324 g/mol. The van der Waals surface area contributed by atoms with Crippen LogP contribution in [0.25, 0.3) is 0 Å². The van der Waals surface area contributed by atoms with Gasteiger partial charge in [-0.3, -0.25) is 0 Å². The van der Waals surface area contributed by atoms with Crippen LogP contribution in [0.1, 0.15) is 122 Å². The van der Waals surface area contributed by atoms with Gasteiger partial charge in [0.05, 0.1) is 0 Å². The number of hydrogen-bond acceptors (Lipinski definition) is 0. The lowest BCUT2D eigenvalue weighted by molar-refractivity contribution is 0.140. The second kappa shape index (κ2) is 11.7. The maximum Gasteiger partial charge on any atom is -0.0236 e. The predicted octanol–water partition coefficient (Wildman–Crippen LogP) is 8.95. The lowest BCUT2D eigenvalue weighted by atomic mass is 9.68. The second-order valence-corrected chi connectivity index (χ2v) is 10.7. The molecule has 0 radical (unpaired) electrons. The van der Waals surface area contributed by atoms with E-state index in [1.165, 1.54) is 64.2 Å². The zero-order chi connectivity index (χ0) is 18.9. The van der Waals surface area contributed by atoms with Crippen molar-refractivity contribution in [3.05, 3.63) is 12.7 Å². The van der Waals surface area contributed by atoms with Crippen molar-refractivity contribution in [2.24, 2.45) is 35.5 Å². The Bertz CT molecular complexity index is 386. The van der Waals surface area contributed by atoms with Crippen molar-refractivity contribution in [3.8, 4) is 0 Å². The van der Waals surface area contributed by atoms with Gasteiger partial charge in [0.15, 0.2) is 0 Å². The van der Waals surface area contributed by atoms with Crippen LogP contribution in [0.2, 0.25) is 0 Å². The van der Waals surface area contributed by atoms with Gasteiger partial charge in [-0.15, -0.1) is 6.58 Å². The van der Waals surface area contributed by atoms with Crippen molar-refractivity contribution in [3.63, 3.8) is 0 Å². The quantitative estimate of drug-likeness (QED) is 0.280. The molecule has 0 amide bonds. The molecule has 0 bridgehead atoms. The first-order chi connectivity index (χ1) is 13.3. The Labute approximate surface area is 171 Å². The zero-order valence-corrected chi connectivity index (χ0v) is 18.5. The highest BCUT2D eigenvalue weighted by molar-refractivity contribution is 4.84. The van der Waals surface area contributed by atoms with Gasteiger partial charge in [-0.1, -0.05) is 77.2 Å². The molecule has 3 fully saturated rings. The third kappa shape index (κ3) is 6.93. The predicted molar refractivity (Wildman–Crippen MR) is 120 cm³/mol. The molecule has 0 spiro atoms. The largest absolute Gasteiger partial charge is 0.103 e. The van der Waals surface area contributed by atoms with Crippen molar-refractivity contribution >= 4 is 0 Å². The Kier molecular flexibility index (Phi) is 9.27. The highest BCUT2D eigenvalue weighted by Gasteiger charge is 2.30. The summed E-state index contributed by atoms with van der Waals surface area (Å²) in [7, 11) is 0. The zero-order valence-electron chi connectivity index (χ0n) is 18.5. The SMILES string of the molecule is C=CC1CCC(CCCCC2CCC(C3CCC(CCC)CC3)CC2)CC1. The van der Waals surface area contributed by atoms with E-state index in [1.54, 1.807) is 51.4 Å². The molecule has 0 heteroatoms. The fourth-order valence-electron chi connectivity index (χ4n) is 6.88. The molecule has 0 unspecified atom stereocenters. The van der Waals surface area contributed by atoms with Gasteiger partial charge in [0.25, 0.3) is 0 Å². The van der Waals surface area contributed by atoms with Gasteiger partial charge in [0.1, 0.15) is 0 Å². The molecule has 0 saturated heterocycles. The van der Waals surface area contributed by atoms with E-state index in [1.807, 2.05) is 0 Å². The summed E-state index contributed by atoms with van der Waals surface area (Å²) in [5, 5.41) is 0. The van der Waals surface area contributed by atoms with Crippen molar-refractivity contribution < 1.29 is 0 Å². The minimum absolute atomic E-state index is 0.832. The van der Waals surface area contributed by atoms with Gasteiger partial charge in [-0.2, -0.15) is 0 Å². The minimum Gasteiger partial charge on any atom is -0.103 e. The van der Waals surface area contributed by atoms with Gasteiger partial charge < -0.3 is 0 Å². The Hall–Kier alpha value is -0.260. The average Bonchev–Trinajstić information content (AvgIpc) is 2.73. The van der Waals surface area contributed by atoms with Crippen LogP contribution in [0.15, 0.2) is 12.7 Å². The Morgan fingerprint density at radius 2 is 1.00 bits per heavy atom. The maximum absolute atomic E-state index is 3.98. The third-order valence-electron chi connectivity index (χ3n) is 8.85. The van der Waals surface area contributed by atoms with Crippen LogP contribution in [0, 0.1) is 35.5 Å². The number of rotatable bonds is 9. The first kappa shape index (κ1) is 21.4. The van der Waals surface area contributed by atoms with E-state index in [0.717, 1.165) is 35.5 Å². The number of hydrogen-bond donors (Lipinski definition) is 0. The molecular formula is C27H48. The van der Waals surface area contributed by atoms with E-state index in [0.29, 0.717) is 0 Å². The molecule has 0 aromatic carbocycles. The summed E-state index contributed by atoms with van der Waals surface area (Å²) in [6, 6.07) is 0. The maximum atomic E-state index is 3.98. The smallest absolute Gasteiger partial charge is 0.0236 e. The fourth-order valence-corrected chi connectivity index (χ4v) is 6.88. The van der Waals surface area contributed by atoms with Crippen LogP contribution in [-0.2, 0) is 0 Å². The summed E-state index contributed by atoms with van der Waals surface area (Å²) in [6.45, 7) is 6.34. The van der Waals surface area contributed by atoms with Gasteiger partial charge >= 0.3 is 0 Å². The topological polar surface area (TPSA) is 0 Å². The molecule has 0 nitrogen and oxygen atoms in total. The monoisotopic (exact) mass is 372 g/mol. The highest BCUT2D eigenvalue weighted by atomic mass is 14.4. The Morgan fingerprint density at radius 3 is 1.41 bits per heavy atom. The molecule has 3 rings (SSSR count). The van der Waals surface area contributed by atoms with Gasteiger partial charge in [0.2, 0.25) is 0 Å². The molecule has 0 heterocycles. The summed E-state index contributed by atoms with van der Waals surface area (Å²) < 4.78 is 0. The Morgan fingerprint density at radius 1 is 0.593 bits per heavy atom. The van der Waals surface area contributed by atoms with E-state index >= 15 is 0 Å². The van der Waals surface area contributed by atoms with Crippen molar-refractivity contribution in [1.82, 2.24) is 0 Å². The van der Waals surface area contributed by atoms with Gasteiger partial charge in [-0.05, 0) is 86.9 Å². The van der Waals surface area contributed by atoms with E-state index in [9.17, 15) is 0 Å². The van der Waals surface area contributed by atoms with Gasteiger partial charge in [-0.25, -0.2) is 0 Å². The molecule has 0 N–H and O–H groups in total. The van der Waals surface area contributed by atoms with Crippen LogP contribution in [-0.4, -0.2) is 0 Å². The van der Waals surface area contributed by atoms with Crippen LogP contribution < -0.4 is 0 Å². The summed E-state index contributed by atoms with van der Waals surface area (Å²) in [4.78, 5) is 0. The molecule has 27 heavy (non-hydrogen) atoms. The van der Waals surface area contributed by atoms with E-state index in [-0.39, 0.29) is 0 Å². The molecule has 0 aromatic rings. The number of unbranched alkanes of at least 4 members (excludes halogenated alkanes) is 1. The molecule has 3 aliphatic rings. The number of allylic oxidation sites excluding steroid dienone is 1. The van der Waals surface area contributed by atoms with Crippen molar-refractivity contribution in [1.29, 1.82) is 0 Å². The lowest BCUT2D eigenvalue weighted by Gasteiger charge is -2.38. The van der Waals surface area contributed by atoms with Crippen molar-refractivity contribution in [2.45, 2.75) is 122 Å². The first-order valence-corrected chi connectivity index (χ1v) is 12.9. The molecule has 156 valence electrons. The van der Waals surface area contributed by atoms with Crippen LogP contribution >= 0.6 is 0 Å². The summed E-state index contributed by atoms with van der Waals surface area (Å²) >= 11 is 0. The normalized spacial score (nSPS) is 37.8. The standard InChI is InChI=1S/C27H48/c1-3-7-23-14-18-26(19-15-23)27-20-16-25(17-21-27)9-6-5-8-24-12-10-22(4-2)11-13-24/h4,22-27H,2-3,5-21H2,1H3. The van der Waals surface area contributed by atoms with E-state index < -0.39 is 0 Å². The molecule has 0 aromatic heterocycles. The van der Waals surface area contributed by atoms with Crippen molar-refractivity contribution in [2.75, 3.05) is 0 Å². The van der Waals surface area contributed by atoms with E-state index in [4.69, 9.17) is 0 Å². The van der Waals surface area contributed by atoms with Gasteiger partial charge in [0, 0.05) is 0 Å².